The van der Waals surface area contributed by atoms with Crippen LogP contribution in [-0.2, 0) is 27.9 Å². The molecule has 0 saturated carbocycles. The van der Waals surface area contributed by atoms with E-state index >= 15 is 0 Å². The van der Waals surface area contributed by atoms with Crippen LogP contribution >= 0.6 is 11.3 Å². The minimum absolute atomic E-state index is 0.0842. The number of carboxylic acid groups (broad SMARTS) is 1. The molecule has 5 rings (SSSR count). The maximum absolute atomic E-state index is 13.2. The van der Waals surface area contributed by atoms with Crippen LogP contribution in [-0.4, -0.2) is 29.0 Å². The minimum Gasteiger partial charge on any atom is -0.477 e. The molecule has 0 aliphatic rings. The number of carboxylic acids is 1. The van der Waals surface area contributed by atoms with Gasteiger partial charge in [-0.1, -0.05) is 78.1 Å². The lowest BCUT2D eigenvalue weighted by Crippen LogP contribution is -2.19. The highest BCUT2D eigenvalue weighted by Crippen LogP contribution is 2.28. The predicted molar refractivity (Wildman–Crippen MR) is 145 cm³/mol. The standard InChI is InChI=1S/C28H21FN2O5S2/c29-21-12-10-18(11-13-21)16-38(35,36)17-24-30-25-26(32)23(28(33)34)15-31(27(25)37-24)14-20-8-4-5-9-22(20)19-6-2-1-3-7-19/h1-13,15H,14,16-17H2,(H,33,34). The fourth-order valence-corrected chi connectivity index (χ4v) is 7.09. The molecule has 2 heterocycles. The highest BCUT2D eigenvalue weighted by atomic mass is 32.2. The number of aromatic carboxylic acids is 1. The van der Waals surface area contributed by atoms with Gasteiger partial charge in [-0.25, -0.2) is 22.6 Å². The number of hydrogen-bond acceptors (Lipinski definition) is 6. The first-order valence-electron chi connectivity index (χ1n) is 11.5. The summed E-state index contributed by atoms with van der Waals surface area (Å²) in [6.45, 7) is 0.242. The molecular weight excluding hydrogens is 527 g/mol. The Bertz CT molecular complexity index is 1810. The van der Waals surface area contributed by atoms with Gasteiger partial charge in [-0.05, 0) is 34.4 Å². The molecule has 0 atom stereocenters. The number of thiazole rings is 1. The molecule has 0 fully saturated rings. The molecule has 192 valence electrons. The second-order valence-corrected chi connectivity index (χ2v) is 11.9. The Kier molecular flexibility index (Phi) is 6.92. The molecule has 7 nitrogen and oxygen atoms in total. The molecule has 38 heavy (non-hydrogen) atoms. The zero-order chi connectivity index (χ0) is 26.9. The number of hydrogen-bond donors (Lipinski definition) is 1. The van der Waals surface area contributed by atoms with Crippen molar-refractivity contribution in [3.8, 4) is 11.1 Å². The highest BCUT2D eigenvalue weighted by Gasteiger charge is 2.22. The molecule has 0 spiro atoms. The van der Waals surface area contributed by atoms with Gasteiger partial charge in [0.15, 0.2) is 9.84 Å². The van der Waals surface area contributed by atoms with Gasteiger partial charge in [-0.3, -0.25) is 4.79 Å². The van der Waals surface area contributed by atoms with E-state index in [9.17, 15) is 27.5 Å². The summed E-state index contributed by atoms with van der Waals surface area (Å²) in [5, 5.41) is 9.84. The van der Waals surface area contributed by atoms with E-state index in [2.05, 4.69) is 4.98 Å². The minimum atomic E-state index is -3.70. The van der Waals surface area contributed by atoms with Crippen molar-refractivity contribution in [3.05, 3.63) is 123 Å². The Morgan fingerprint density at radius 1 is 0.947 bits per heavy atom. The fourth-order valence-electron chi connectivity index (χ4n) is 4.24. The lowest BCUT2D eigenvalue weighted by molar-refractivity contribution is 0.0694. The van der Waals surface area contributed by atoms with E-state index in [0.29, 0.717) is 10.4 Å². The van der Waals surface area contributed by atoms with Crippen LogP contribution in [0.15, 0.2) is 89.9 Å². The molecule has 3 aromatic carbocycles. The SMILES string of the molecule is O=C(O)c1cn(Cc2ccccc2-c2ccccc2)c2sc(CS(=O)(=O)Cc3ccc(F)cc3)nc2c1=O. The maximum atomic E-state index is 13.2. The van der Waals surface area contributed by atoms with Crippen molar-refractivity contribution < 1.29 is 22.7 Å². The highest BCUT2D eigenvalue weighted by molar-refractivity contribution is 7.90. The zero-order valence-electron chi connectivity index (χ0n) is 19.9. The van der Waals surface area contributed by atoms with Crippen molar-refractivity contribution in [3.63, 3.8) is 0 Å². The van der Waals surface area contributed by atoms with E-state index < -0.39 is 38.4 Å². The normalized spacial score (nSPS) is 11.6. The number of pyridine rings is 1. The molecular formula is C28H21FN2O5S2. The van der Waals surface area contributed by atoms with E-state index in [4.69, 9.17) is 0 Å². The molecule has 1 N–H and O–H groups in total. The average Bonchev–Trinajstić information content (AvgIpc) is 3.31. The Hall–Kier alpha value is -4.15. The number of sulfone groups is 1. The van der Waals surface area contributed by atoms with Gasteiger partial charge in [-0.2, -0.15) is 0 Å². The van der Waals surface area contributed by atoms with Crippen molar-refractivity contribution in [1.82, 2.24) is 9.55 Å². The fraction of sp³-hybridized carbons (Fsp3) is 0.107. The summed E-state index contributed by atoms with van der Waals surface area (Å²) in [5.41, 5.74) is 1.95. The van der Waals surface area contributed by atoms with Crippen molar-refractivity contribution in [2.75, 3.05) is 0 Å². The van der Waals surface area contributed by atoms with Crippen molar-refractivity contribution in [1.29, 1.82) is 0 Å². The molecule has 0 aliphatic carbocycles. The van der Waals surface area contributed by atoms with Crippen LogP contribution in [0.2, 0.25) is 0 Å². The Balaban J connectivity index is 1.55. The summed E-state index contributed by atoms with van der Waals surface area (Å²) < 4.78 is 40.6. The molecule has 0 saturated heterocycles. The smallest absolute Gasteiger partial charge is 0.341 e. The van der Waals surface area contributed by atoms with E-state index in [1.165, 1.54) is 30.5 Å². The molecule has 0 amide bonds. The third kappa shape index (κ3) is 5.41. The summed E-state index contributed by atoms with van der Waals surface area (Å²) in [7, 11) is -3.70. The van der Waals surface area contributed by atoms with Gasteiger partial charge in [0.2, 0.25) is 5.43 Å². The summed E-state index contributed by atoms with van der Waals surface area (Å²) in [4.78, 5) is 29.4. The summed E-state index contributed by atoms with van der Waals surface area (Å²) in [6, 6.07) is 22.6. The molecule has 2 aromatic heterocycles. The molecule has 10 heteroatoms. The number of fused-ring (bicyclic) bond motifs is 1. The predicted octanol–water partition coefficient (Wildman–Crippen LogP) is 5.13. The number of rotatable bonds is 8. The van der Waals surface area contributed by atoms with Crippen molar-refractivity contribution >= 4 is 37.5 Å². The topological polar surface area (TPSA) is 106 Å². The van der Waals surface area contributed by atoms with Crippen LogP contribution < -0.4 is 5.43 Å². The molecule has 0 unspecified atom stereocenters. The largest absolute Gasteiger partial charge is 0.477 e. The van der Waals surface area contributed by atoms with E-state index in [-0.39, 0.29) is 22.8 Å². The average molecular weight is 549 g/mol. The van der Waals surface area contributed by atoms with Gasteiger partial charge in [0, 0.05) is 12.7 Å². The maximum Gasteiger partial charge on any atom is 0.341 e. The number of halogens is 1. The summed E-state index contributed by atoms with van der Waals surface area (Å²) in [6.07, 6.45) is 1.28. The van der Waals surface area contributed by atoms with E-state index in [0.717, 1.165) is 28.0 Å². The van der Waals surface area contributed by atoms with Gasteiger partial charge in [-0.15, -0.1) is 0 Å². The van der Waals surface area contributed by atoms with Crippen LogP contribution in [0.4, 0.5) is 4.39 Å². The third-order valence-electron chi connectivity index (χ3n) is 5.98. The molecule has 0 radical (unpaired) electrons. The first kappa shape index (κ1) is 25.5. The summed E-state index contributed by atoms with van der Waals surface area (Å²) >= 11 is 1.04. The number of benzene rings is 3. The third-order valence-corrected chi connectivity index (χ3v) is 8.74. The molecule has 0 aliphatic heterocycles. The molecule has 0 bridgehead atoms. The monoisotopic (exact) mass is 548 g/mol. The van der Waals surface area contributed by atoms with Crippen LogP contribution in [0.3, 0.4) is 0 Å². The lowest BCUT2D eigenvalue weighted by atomic mass is 9.99. The number of aromatic nitrogens is 2. The summed E-state index contributed by atoms with van der Waals surface area (Å²) in [5.74, 6) is -2.61. The number of nitrogens with zero attached hydrogens (tertiary/aromatic N) is 2. The van der Waals surface area contributed by atoms with Crippen molar-refractivity contribution in [2.45, 2.75) is 18.1 Å². The van der Waals surface area contributed by atoms with Gasteiger partial charge in [0.25, 0.3) is 0 Å². The van der Waals surface area contributed by atoms with Crippen LogP contribution in [0.5, 0.6) is 0 Å². The second kappa shape index (κ2) is 10.3. The second-order valence-electron chi connectivity index (χ2n) is 8.75. The Morgan fingerprint density at radius 2 is 1.63 bits per heavy atom. The van der Waals surface area contributed by atoms with E-state index in [1.54, 1.807) is 4.57 Å². The van der Waals surface area contributed by atoms with Gasteiger partial charge >= 0.3 is 5.97 Å². The first-order valence-corrected chi connectivity index (χ1v) is 14.2. The van der Waals surface area contributed by atoms with Gasteiger partial charge < -0.3 is 9.67 Å². The zero-order valence-corrected chi connectivity index (χ0v) is 21.5. The quantitative estimate of drug-likeness (QED) is 0.288. The van der Waals surface area contributed by atoms with Crippen molar-refractivity contribution in [2.24, 2.45) is 0 Å². The van der Waals surface area contributed by atoms with E-state index in [1.807, 2.05) is 54.6 Å². The Morgan fingerprint density at radius 3 is 2.34 bits per heavy atom. The van der Waals surface area contributed by atoms with Gasteiger partial charge in [0.05, 0.1) is 5.75 Å². The van der Waals surface area contributed by atoms with Crippen LogP contribution in [0, 0.1) is 5.82 Å². The molecule has 5 aromatic rings. The lowest BCUT2D eigenvalue weighted by Gasteiger charge is -2.13. The van der Waals surface area contributed by atoms with Crippen LogP contribution in [0.1, 0.15) is 26.5 Å². The Labute approximate surface area is 221 Å². The number of carbonyl (C=O) groups is 1. The van der Waals surface area contributed by atoms with Crippen LogP contribution in [0.25, 0.3) is 21.5 Å². The first-order chi connectivity index (χ1) is 18.2. The van der Waals surface area contributed by atoms with Gasteiger partial charge in [0.1, 0.15) is 32.5 Å².